The van der Waals surface area contributed by atoms with Crippen molar-refractivity contribution >= 4 is 52.3 Å². The van der Waals surface area contributed by atoms with Gasteiger partial charge in [0.25, 0.3) is 0 Å². The number of nitrogens with zero attached hydrogens (tertiary/aromatic N) is 1. The summed E-state index contributed by atoms with van der Waals surface area (Å²) < 4.78 is 5.78. The van der Waals surface area contributed by atoms with Crippen LogP contribution in [-0.4, -0.2) is 43.2 Å². The van der Waals surface area contributed by atoms with Gasteiger partial charge in [0, 0.05) is 36.2 Å². The molecule has 1 fully saturated rings. The summed E-state index contributed by atoms with van der Waals surface area (Å²) in [6.07, 6.45) is 0.0558. The van der Waals surface area contributed by atoms with E-state index in [1.54, 1.807) is 24.3 Å². The molecule has 1 N–H and O–H groups in total. The van der Waals surface area contributed by atoms with Crippen molar-refractivity contribution in [3.8, 4) is 0 Å². The predicted molar refractivity (Wildman–Crippen MR) is 115 cm³/mol. The van der Waals surface area contributed by atoms with Crippen molar-refractivity contribution in [1.29, 1.82) is 0 Å². The highest BCUT2D eigenvalue weighted by atomic mass is 35.5. The van der Waals surface area contributed by atoms with Gasteiger partial charge in [-0.05, 0) is 35.4 Å². The molecule has 1 saturated heterocycles. The van der Waals surface area contributed by atoms with Crippen molar-refractivity contribution in [3.63, 3.8) is 0 Å². The molecule has 2 aromatic rings. The Morgan fingerprint density at radius 3 is 2.54 bits per heavy atom. The van der Waals surface area contributed by atoms with Crippen molar-refractivity contribution in [1.82, 2.24) is 10.2 Å². The monoisotopic (exact) mass is 460 g/mol. The van der Waals surface area contributed by atoms with Gasteiger partial charge in [0.2, 0.25) is 5.91 Å². The second-order valence-electron chi connectivity index (χ2n) is 6.66. The van der Waals surface area contributed by atoms with E-state index in [4.69, 9.17) is 51.1 Å². The number of carbonyl (C=O) groups is 1. The summed E-state index contributed by atoms with van der Waals surface area (Å²) in [4.78, 5) is 14.5. The predicted octanol–water partition coefficient (Wildman–Crippen LogP) is 4.86. The van der Waals surface area contributed by atoms with Crippen LogP contribution in [0.15, 0.2) is 36.4 Å². The van der Waals surface area contributed by atoms with Gasteiger partial charge in [0.05, 0.1) is 29.2 Å². The maximum absolute atomic E-state index is 12.3. The van der Waals surface area contributed by atoms with E-state index in [2.05, 4.69) is 10.2 Å². The Kier molecular flexibility index (Phi) is 7.86. The topological polar surface area (TPSA) is 41.6 Å². The molecule has 1 atom stereocenters. The molecule has 1 heterocycles. The highest BCUT2D eigenvalue weighted by Crippen LogP contribution is 2.25. The maximum atomic E-state index is 12.3. The molecule has 0 spiro atoms. The molecule has 2 aromatic carbocycles. The molecule has 150 valence electrons. The van der Waals surface area contributed by atoms with E-state index in [9.17, 15) is 4.79 Å². The van der Waals surface area contributed by atoms with Crippen LogP contribution in [0.4, 0.5) is 0 Å². The number of benzene rings is 2. The number of carbonyl (C=O) groups excluding carboxylic acids is 1. The van der Waals surface area contributed by atoms with Crippen LogP contribution < -0.4 is 5.32 Å². The lowest BCUT2D eigenvalue weighted by Gasteiger charge is -2.33. The second-order valence-corrected chi connectivity index (χ2v) is 8.29. The van der Waals surface area contributed by atoms with Crippen LogP contribution in [0.2, 0.25) is 20.1 Å². The molecule has 1 unspecified atom stereocenters. The Bertz CT molecular complexity index is 827. The lowest BCUT2D eigenvalue weighted by Crippen LogP contribution is -2.47. The van der Waals surface area contributed by atoms with E-state index in [0.29, 0.717) is 45.4 Å². The smallest absolute Gasteiger partial charge is 0.224 e. The second kappa shape index (κ2) is 10.1. The first-order valence-corrected chi connectivity index (χ1v) is 10.4. The normalized spacial score (nSPS) is 17.5. The Balaban J connectivity index is 1.49. The van der Waals surface area contributed by atoms with Crippen molar-refractivity contribution in [2.45, 2.75) is 19.1 Å². The summed E-state index contributed by atoms with van der Waals surface area (Å²) >= 11 is 24.3. The fourth-order valence-corrected chi connectivity index (χ4v) is 3.95. The molecular weight excluding hydrogens is 442 g/mol. The summed E-state index contributed by atoms with van der Waals surface area (Å²) in [5, 5.41) is 4.99. The molecule has 0 bridgehead atoms. The van der Waals surface area contributed by atoms with E-state index in [-0.39, 0.29) is 18.4 Å². The fourth-order valence-electron chi connectivity index (χ4n) is 3.10. The van der Waals surface area contributed by atoms with E-state index < -0.39 is 0 Å². The molecular formula is C20H20Cl4N2O2. The summed E-state index contributed by atoms with van der Waals surface area (Å²) in [7, 11) is 0. The van der Waals surface area contributed by atoms with Gasteiger partial charge >= 0.3 is 0 Å². The standard InChI is InChI=1S/C20H20Cl4N2O2/c21-16-2-1-3-17(22)15(16)9-20(27)25-10-14-12-26(6-7-28-14)11-13-4-5-18(23)19(24)8-13/h1-5,8,14H,6-7,9-12H2,(H,25,27). The van der Waals surface area contributed by atoms with Gasteiger partial charge in [-0.2, -0.15) is 0 Å². The maximum Gasteiger partial charge on any atom is 0.224 e. The van der Waals surface area contributed by atoms with Crippen molar-refractivity contribution < 1.29 is 9.53 Å². The molecule has 8 heteroatoms. The van der Waals surface area contributed by atoms with Crippen LogP contribution >= 0.6 is 46.4 Å². The van der Waals surface area contributed by atoms with Crippen molar-refractivity contribution in [3.05, 3.63) is 67.6 Å². The number of halogens is 4. The Labute approximate surface area is 184 Å². The SMILES string of the molecule is O=C(Cc1c(Cl)cccc1Cl)NCC1CN(Cc2ccc(Cl)c(Cl)c2)CCO1. The molecule has 0 aromatic heterocycles. The molecule has 4 nitrogen and oxygen atoms in total. The first-order chi connectivity index (χ1) is 13.4. The minimum Gasteiger partial charge on any atom is -0.374 e. The van der Waals surface area contributed by atoms with Gasteiger partial charge in [-0.15, -0.1) is 0 Å². The van der Waals surface area contributed by atoms with Gasteiger partial charge in [-0.3, -0.25) is 9.69 Å². The summed E-state index contributed by atoms with van der Waals surface area (Å²) in [6, 6.07) is 10.8. The van der Waals surface area contributed by atoms with Crippen molar-refractivity contribution in [2.24, 2.45) is 0 Å². The molecule has 0 aliphatic carbocycles. The molecule has 0 radical (unpaired) electrons. The third-order valence-corrected chi connectivity index (χ3v) is 5.99. The van der Waals surface area contributed by atoms with E-state index >= 15 is 0 Å². The lowest BCUT2D eigenvalue weighted by atomic mass is 10.1. The van der Waals surface area contributed by atoms with E-state index in [0.717, 1.165) is 18.7 Å². The zero-order valence-corrected chi connectivity index (χ0v) is 18.1. The van der Waals surface area contributed by atoms with Gasteiger partial charge < -0.3 is 10.1 Å². The third-order valence-electron chi connectivity index (χ3n) is 4.54. The van der Waals surface area contributed by atoms with Crippen LogP contribution in [0.1, 0.15) is 11.1 Å². The minimum absolute atomic E-state index is 0.0813. The number of amides is 1. The van der Waals surface area contributed by atoms with Gasteiger partial charge in [-0.1, -0.05) is 58.5 Å². The zero-order valence-electron chi connectivity index (χ0n) is 15.1. The van der Waals surface area contributed by atoms with Gasteiger partial charge in [0.15, 0.2) is 0 Å². The van der Waals surface area contributed by atoms with E-state index in [1.165, 1.54) is 0 Å². The van der Waals surface area contributed by atoms with Crippen LogP contribution in [0.5, 0.6) is 0 Å². The van der Waals surface area contributed by atoms with Crippen LogP contribution in [-0.2, 0) is 22.5 Å². The average Bonchev–Trinajstić information content (AvgIpc) is 2.66. The largest absolute Gasteiger partial charge is 0.374 e. The fraction of sp³-hybridized carbons (Fsp3) is 0.350. The van der Waals surface area contributed by atoms with Crippen LogP contribution in [0.25, 0.3) is 0 Å². The zero-order chi connectivity index (χ0) is 20.1. The van der Waals surface area contributed by atoms with E-state index in [1.807, 2.05) is 12.1 Å². The first-order valence-electron chi connectivity index (χ1n) is 8.90. The summed E-state index contributed by atoms with van der Waals surface area (Å²) in [6.45, 7) is 3.32. The first kappa shape index (κ1) is 21.7. The molecule has 28 heavy (non-hydrogen) atoms. The minimum atomic E-state index is -0.139. The number of nitrogens with one attached hydrogen (secondary N) is 1. The quantitative estimate of drug-likeness (QED) is 0.667. The lowest BCUT2D eigenvalue weighted by molar-refractivity contribution is -0.121. The van der Waals surface area contributed by atoms with Crippen LogP contribution in [0.3, 0.4) is 0 Å². The molecule has 1 aliphatic heterocycles. The Hall–Kier alpha value is -1.01. The number of hydrogen-bond donors (Lipinski definition) is 1. The van der Waals surface area contributed by atoms with Gasteiger partial charge in [0.1, 0.15) is 0 Å². The summed E-state index contributed by atoms with van der Waals surface area (Å²) in [5.74, 6) is -0.139. The molecule has 3 rings (SSSR count). The number of ether oxygens (including phenoxy) is 1. The number of morpholine rings is 1. The number of hydrogen-bond acceptors (Lipinski definition) is 3. The molecule has 0 saturated carbocycles. The average molecular weight is 462 g/mol. The molecule has 1 aliphatic rings. The Morgan fingerprint density at radius 2 is 1.82 bits per heavy atom. The van der Waals surface area contributed by atoms with Gasteiger partial charge in [-0.25, -0.2) is 0 Å². The number of rotatable bonds is 6. The highest BCUT2D eigenvalue weighted by Gasteiger charge is 2.21. The Morgan fingerprint density at radius 1 is 1.07 bits per heavy atom. The van der Waals surface area contributed by atoms with Crippen molar-refractivity contribution in [2.75, 3.05) is 26.2 Å². The summed E-state index contributed by atoms with van der Waals surface area (Å²) in [5.41, 5.74) is 1.72. The third kappa shape index (κ3) is 5.99. The highest BCUT2D eigenvalue weighted by molar-refractivity contribution is 6.42. The molecule has 1 amide bonds. The van der Waals surface area contributed by atoms with Crippen LogP contribution in [0, 0.1) is 0 Å².